The third kappa shape index (κ3) is 3.40. The molecule has 3 aromatic rings. The van der Waals surface area contributed by atoms with E-state index in [1.165, 1.54) is 17.2 Å². The number of nitrogens with one attached hydrogen (secondary N) is 1. The van der Waals surface area contributed by atoms with Gasteiger partial charge in [0, 0.05) is 37.1 Å². The van der Waals surface area contributed by atoms with Crippen LogP contribution < -0.4 is 5.32 Å². The van der Waals surface area contributed by atoms with Gasteiger partial charge in [0.15, 0.2) is 5.82 Å². The Bertz CT molecular complexity index is 1000. The number of piperidine rings is 1. The molecule has 0 aromatic carbocycles. The van der Waals surface area contributed by atoms with Crippen molar-refractivity contribution in [1.29, 1.82) is 0 Å². The predicted molar refractivity (Wildman–Crippen MR) is 97.2 cm³/mol. The lowest BCUT2D eigenvalue weighted by atomic mass is 10.1. The van der Waals surface area contributed by atoms with Gasteiger partial charge in [-0.25, -0.2) is 24.1 Å². The summed E-state index contributed by atoms with van der Waals surface area (Å²) in [6.45, 7) is 2.85. The topological polar surface area (TPSA) is 95.7 Å². The fourth-order valence-corrected chi connectivity index (χ4v) is 3.29. The second kappa shape index (κ2) is 6.82. The minimum absolute atomic E-state index is 0.0177. The molecule has 4 rings (SSSR count). The molecule has 0 bridgehead atoms. The van der Waals surface area contributed by atoms with Gasteiger partial charge in [-0.3, -0.25) is 4.40 Å². The number of carbonyl (C=O) groups is 1. The summed E-state index contributed by atoms with van der Waals surface area (Å²) in [5, 5.41) is 12.5. The summed E-state index contributed by atoms with van der Waals surface area (Å²) in [4.78, 5) is 25.8. The van der Waals surface area contributed by atoms with Crippen molar-refractivity contribution in [3.63, 3.8) is 0 Å². The van der Waals surface area contributed by atoms with Crippen LogP contribution in [0.25, 0.3) is 17.2 Å². The Kier molecular flexibility index (Phi) is 4.35. The molecule has 1 fully saturated rings. The highest BCUT2D eigenvalue weighted by Crippen LogP contribution is 2.22. The van der Waals surface area contributed by atoms with Crippen molar-refractivity contribution >= 4 is 17.6 Å². The van der Waals surface area contributed by atoms with Crippen LogP contribution in [0.3, 0.4) is 0 Å². The van der Waals surface area contributed by atoms with Crippen LogP contribution in [0.4, 0.5) is 15.0 Å². The van der Waals surface area contributed by atoms with Gasteiger partial charge in [-0.2, -0.15) is 0 Å². The van der Waals surface area contributed by atoms with Crippen LogP contribution in [-0.2, 0) is 0 Å². The monoisotopic (exact) mass is 370 g/mol. The van der Waals surface area contributed by atoms with Gasteiger partial charge in [0.05, 0.1) is 6.20 Å². The first-order valence-electron chi connectivity index (χ1n) is 8.72. The molecule has 27 heavy (non-hydrogen) atoms. The van der Waals surface area contributed by atoms with Gasteiger partial charge >= 0.3 is 6.09 Å². The highest BCUT2D eigenvalue weighted by atomic mass is 19.1. The molecule has 8 nitrogen and oxygen atoms in total. The maximum Gasteiger partial charge on any atom is 0.407 e. The van der Waals surface area contributed by atoms with Crippen LogP contribution in [0.5, 0.6) is 0 Å². The summed E-state index contributed by atoms with van der Waals surface area (Å²) in [5.74, 6) is 0.693. The molecule has 4 heterocycles. The number of fused-ring (bicyclic) bond motifs is 1. The lowest BCUT2D eigenvalue weighted by Gasteiger charge is -2.31. The standard InChI is InChI=1S/C18H19FN6O2/c1-11-7-21-17(14-8-20-15-5-4-12(19)9-25(14)15)23-16(11)22-13-3-2-6-24(10-13)18(26)27/h4-5,7-9,13H,2-3,6,10H2,1H3,(H,26,27)(H,21,22,23)/t13-/m1/s1. The van der Waals surface area contributed by atoms with Gasteiger partial charge in [0.25, 0.3) is 0 Å². The van der Waals surface area contributed by atoms with Crippen LogP contribution >= 0.6 is 0 Å². The van der Waals surface area contributed by atoms with E-state index >= 15 is 0 Å². The third-order valence-corrected chi connectivity index (χ3v) is 4.70. The van der Waals surface area contributed by atoms with Gasteiger partial charge in [0.2, 0.25) is 0 Å². The largest absolute Gasteiger partial charge is 0.465 e. The molecule has 1 aliphatic heterocycles. The molecule has 0 saturated carbocycles. The van der Waals surface area contributed by atoms with E-state index in [4.69, 9.17) is 0 Å². The zero-order chi connectivity index (χ0) is 19.0. The summed E-state index contributed by atoms with van der Waals surface area (Å²) in [7, 11) is 0. The molecule has 1 aliphatic rings. The molecular formula is C18H19FN6O2. The van der Waals surface area contributed by atoms with E-state index in [1.54, 1.807) is 22.9 Å². The fraction of sp³-hybridized carbons (Fsp3) is 0.333. The first kappa shape index (κ1) is 17.2. The number of halogens is 1. The number of likely N-dealkylation sites (tertiary alicyclic amines) is 1. The number of carboxylic acid groups (broad SMARTS) is 1. The van der Waals surface area contributed by atoms with E-state index in [0.717, 1.165) is 18.4 Å². The number of pyridine rings is 1. The highest BCUT2D eigenvalue weighted by Gasteiger charge is 2.24. The van der Waals surface area contributed by atoms with E-state index < -0.39 is 6.09 Å². The lowest BCUT2D eigenvalue weighted by molar-refractivity contribution is 0.133. The Morgan fingerprint density at radius 2 is 2.19 bits per heavy atom. The summed E-state index contributed by atoms with van der Waals surface area (Å²) >= 11 is 0. The lowest BCUT2D eigenvalue weighted by Crippen LogP contribution is -2.44. The molecule has 1 amide bonds. The number of aryl methyl sites for hydroxylation is 1. The van der Waals surface area contributed by atoms with Crippen LogP contribution in [-0.4, -0.2) is 54.6 Å². The Morgan fingerprint density at radius 1 is 1.33 bits per heavy atom. The number of anilines is 1. The van der Waals surface area contributed by atoms with Gasteiger partial charge in [-0.1, -0.05) is 0 Å². The van der Waals surface area contributed by atoms with Crippen molar-refractivity contribution < 1.29 is 14.3 Å². The molecule has 2 N–H and O–H groups in total. The zero-order valence-electron chi connectivity index (χ0n) is 14.8. The van der Waals surface area contributed by atoms with Gasteiger partial charge < -0.3 is 15.3 Å². The van der Waals surface area contributed by atoms with E-state index in [0.29, 0.717) is 36.1 Å². The maximum atomic E-state index is 13.6. The first-order valence-corrected chi connectivity index (χ1v) is 8.72. The van der Waals surface area contributed by atoms with Gasteiger partial charge in [0.1, 0.15) is 23.0 Å². The Morgan fingerprint density at radius 3 is 3.00 bits per heavy atom. The third-order valence-electron chi connectivity index (χ3n) is 4.70. The molecule has 1 saturated heterocycles. The van der Waals surface area contributed by atoms with Crippen molar-refractivity contribution in [3.8, 4) is 11.5 Å². The number of amides is 1. The number of hydrogen-bond acceptors (Lipinski definition) is 5. The maximum absolute atomic E-state index is 13.6. The minimum atomic E-state index is -0.908. The van der Waals surface area contributed by atoms with Crippen LogP contribution in [0.2, 0.25) is 0 Å². The number of aromatic nitrogens is 4. The van der Waals surface area contributed by atoms with Crippen molar-refractivity contribution in [1.82, 2.24) is 24.3 Å². The van der Waals surface area contributed by atoms with Crippen molar-refractivity contribution in [2.75, 3.05) is 18.4 Å². The molecular weight excluding hydrogens is 351 g/mol. The van der Waals surface area contributed by atoms with Crippen LogP contribution in [0.1, 0.15) is 18.4 Å². The Hall–Kier alpha value is -3.23. The summed E-state index contributed by atoms with van der Waals surface area (Å²) in [6, 6.07) is 2.93. The van der Waals surface area contributed by atoms with E-state index in [2.05, 4.69) is 20.3 Å². The van der Waals surface area contributed by atoms with E-state index in [-0.39, 0.29) is 11.9 Å². The van der Waals surface area contributed by atoms with Gasteiger partial charge in [-0.05, 0) is 31.9 Å². The molecule has 1 atom stereocenters. The van der Waals surface area contributed by atoms with E-state index in [9.17, 15) is 14.3 Å². The van der Waals surface area contributed by atoms with Crippen LogP contribution in [0, 0.1) is 12.7 Å². The summed E-state index contributed by atoms with van der Waals surface area (Å²) in [5.41, 5.74) is 2.05. The van der Waals surface area contributed by atoms with Crippen molar-refractivity contribution in [2.24, 2.45) is 0 Å². The molecule has 0 spiro atoms. The van der Waals surface area contributed by atoms with E-state index in [1.807, 2.05) is 6.92 Å². The van der Waals surface area contributed by atoms with Gasteiger partial charge in [-0.15, -0.1) is 0 Å². The predicted octanol–water partition coefficient (Wildman–Crippen LogP) is 2.79. The Balaban J connectivity index is 1.63. The highest BCUT2D eigenvalue weighted by molar-refractivity contribution is 5.65. The van der Waals surface area contributed by atoms with Crippen molar-refractivity contribution in [3.05, 3.63) is 42.1 Å². The molecule has 0 aliphatic carbocycles. The molecule has 3 aromatic heterocycles. The number of nitrogens with zero attached hydrogens (tertiary/aromatic N) is 5. The smallest absolute Gasteiger partial charge is 0.407 e. The van der Waals surface area contributed by atoms with Crippen LogP contribution in [0.15, 0.2) is 30.7 Å². The molecule has 0 radical (unpaired) electrons. The molecule has 140 valence electrons. The quantitative estimate of drug-likeness (QED) is 0.736. The fourth-order valence-electron chi connectivity index (χ4n) is 3.29. The number of rotatable bonds is 3. The minimum Gasteiger partial charge on any atom is -0.465 e. The zero-order valence-corrected chi connectivity index (χ0v) is 14.8. The number of imidazole rings is 1. The molecule has 0 unspecified atom stereocenters. The normalized spacial score (nSPS) is 17.3. The average molecular weight is 370 g/mol. The molecule has 9 heteroatoms. The summed E-state index contributed by atoms with van der Waals surface area (Å²) in [6.07, 6.45) is 5.41. The van der Waals surface area contributed by atoms with Crippen molar-refractivity contribution in [2.45, 2.75) is 25.8 Å². The summed E-state index contributed by atoms with van der Waals surface area (Å²) < 4.78 is 15.2. The first-order chi connectivity index (χ1) is 13.0. The average Bonchev–Trinajstić information content (AvgIpc) is 3.07. The second-order valence-electron chi connectivity index (χ2n) is 6.66. The SMILES string of the molecule is Cc1cnc(-c2cnc3ccc(F)cn23)nc1N[C@@H]1CCCN(C(=O)O)C1. The second-order valence-corrected chi connectivity index (χ2v) is 6.66. The Labute approximate surface area is 154 Å². The number of hydrogen-bond donors (Lipinski definition) is 2.